The normalized spacial score (nSPS) is 21.5. The third-order valence-electron chi connectivity index (χ3n) is 2.96. The summed E-state index contributed by atoms with van der Waals surface area (Å²) in [5, 5.41) is 7.44. The van der Waals surface area contributed by atoms with Gasteiger partial charge in [-0.3, -0.25) is 4.79 Å². The third-order valence-corrected chi connectivity index (χ3v) is 2.96. The highest BCUT2D eigenvalue weighted by Crippen LogP contribution is 2.20. The van der Waals surface area contributed by atoms with Gasteiger partial charge in [-0.25, -0.2) is 9.50 Å². The molecule has 1 atom stereocenters. The Labute approximate surface area is 92.5 Å². The molecule has 1 N–H and O–H groups in total. The van der Waals surface area contributed by atoms with Crippen LogP contribution in [0, 0.1) is 0 Å². The molecule has 2 aromatic heterocycles. The van der Waals surface area contributed by atoms with Crippen LogP contribution in [-0.4, -0.2) is 33.5 Å². The van der Waals surface area contributed by atoms with E-state index in [1.54, 1.807) is 16.9 Å². The highest BCUT2D eigenvalue weighted by atomic mass is 16.1. The lowest BCUT2D eigenvalue weighted by Gasteiger charge is -2.22. The summed E-state index contributed by atoms with van der Waals surface area (Å²) >= 11 is 0. The molecule has 16 heavy (non-hydrogen) atoms. The van der Waals surface area contributed by atoms with Gasteiger partial charge in [0.2, 0.25) is 0 Å². The predicted octanol–water partition coefficient (Wildman–Crippen LogP) is 0.375. The number of nitrogens with one attached hydrogen (secondary N) is 1. The fraction of sp³-hybridized carbons (Fsp3) is 0.364. The van der Waals surface area contributed by atoms with Crippen LogP contribution in [0.1, 0.15) is 18.0 Å². The number of hydrogen-bond acceptors (Lipinski definition) is 4. The van der Waals surface area contributed by atoms with Gasteiger partial charge in [-0.15, -0.1) is 0 Å². The molecule has 1 fully saturated rings. The number of hydrogen-bond donors (Lipinski definition) is 1. The zero-order valence-electron chi connectivity index (χ0n) is 8.76. The molecular formula is C11H12N4O. The number of fused-ring (bicyclic) bond motifs is 1. The molecule has 1 saturated heterocycles. The fourth-order valence-corrected chi connectivity index (χ4v) is 2.13. The molecule has 0 aliphatic carbocycles. The van der Waals surface area contributed by atoms with Gasteiger partial charge in [0, 0.05) is 31.8 Å². The molecule has 0 spiro atoms. The van der Waals surface area contributed by atoms with Crippen LogP contribution in [0.2, 0.25) is 0 Å². The average molecular weight is 216 g/mol. The summed E-state index contributed by atoms with van der Waals surface area (Å²) in [5.74, 6) is 0.181. The highest BCUT2D eigenvalue weighted by molar-refractivity contribution is 5.86. The molecule has 0 bridgehead atoms. The van der Waals surface area contributed by atoms with E-state index in [1.165, 1.54) is 0 Å². The number of Topliss-reactive ketones (excluding diaryl/α,β-unsaturated/α-hetero) is 1. The first-order chi connectivity index (χ1) is 7.86. The topological polar surface area (TPSA) is 59.3 Å². The van der Waals surface area contributed by atoms with Crippen LogP contribution in [0.15, 0.2) is 24.5 Å². The van der Waals surface area contributed by atoms with Crippen LogP contribution in [-0.2, 0) is 4.79 Å². The standard InChI is InChI=1S/C11H12N4O/c16-10-2-4-12-7-8(10)9-1-5-13-11-3-6-14-15(9)11/h1,3,5-6,8,12H,2,4,7H2. The summed E-state index contributed by atoms with van der Waals surface area (Å²) in [4.78, 5) is 16.0. The number of rotatable bonds is 1. The monoisotopic (exact) mass is 216 g/mol. The third kappa shape index (κ3) is 1.40. The van der Waals surface area contributed by atoms with Gasteiger partial charge in [-0.1, -0.05) is 0 Å². The van der Waals surface area contributed by atoms with E-state index in [0.717, 1.165) is 17.9 Å². The Kier molecular flexibility index (Phi) is 2.18. The summed E-state index contributed by atoms with van der Waals surface area (Å²) in [7, 11) is 0. The van der Waals surface area contributed by atoms with E-state index in [-0.39, 0.29) is 11.7 Å². The number of aromatic nitrogens is 3. The Bertz CT molecular complexity index is 534. The molecule has 82 valence electrons. The van der Waals surface area contributed by atoms with Crippen molar-refractivity contribution in [2.24, 2.45) is 0 Å². The zero-order valence-corrected chi connectivity index (χ0v) is 8.76. The first-order valence-electron chi connectivity index (χ1n) is 5.38. The van der Waals surface area contributed by atoms with Crippen molar-refractivity contribution in [2.45, 2.75) is 12.3 Å². The molecule has 5 nitrogen and oxygen atoms in total. The highest BCUT2D eigenvalue weighted by Gasteiger charge is 2.25. The first kappa shape index (κ1) is 9.47. The van der Waals surface area contributed by atoms with Gasteiger partial charge in [0.05, 0.1) is 17.8 Å². The van der Waals surface area contributed by atoms with Crippen molar-refractivity contribution in [3.63, 3.8) is 0 Å². The smallest absolute Gasteiger partial charge is 0.155 e. The Morgan fingerprint density at radius 2 is 2.31 bits per heavy atom. The van der Waals surface area contributed by atoms with Crippen LogP contribution in [0.4, 0.5) is 0 Å². The number of nitrogens with zero attached hydrogens (tertiary/aromatic N) is 3. The van der Waals surface area contributed by atoms with Gasteiger partial charge in [0.25, 0.3) is 0 Å². The van der Waals surface area contributed by atoms with E-state index >= 15 is 0 Å². The molecule has 3 rings (SSSR count). The van der Waals surface area contributed by atoms with Gasteiger partial charge in [-0.05, 0) is 6.07 Å². The van der Waals surface area contributed by atoms with E-state index in [1.807, 2.05) is 12.1 Å². The van der Waals surface area contributed by atoms with Crippen LogP contribution < -0.4 is 5.32 Å². The zero-order chi connectivity index (χ0) is 11.0. The van der Waals surface area contributed by atoms with Crippen molar-refractivity contribution in [1.82, 2.24) is 19.9 Å². The lowest BCUT2D eigenvalue weighted by molar-refractivity contribution is -0.121. The van der Waals surface area contributed by atoms with Gasteiger partial charge in [0.1, 0.15) is 5.78 Å². The SMILES string of the molecule is O=C1CCNCC1c1ccnc2ccnn12. The molecular weight excluding hydrogens is 204 g/mol. The summed E-state index contributed by atoms with van der Waals surface area (Å²) in [6.07, 6.45) is 4.02. The fourth-order valence-electron chi connectivity index (χ4n) is 2.13. The second kappa shape index (κ2) is 3.68. The molecule has 2 aromatic rings. The van der Waals surface area contributed by atoms with E-state index in [9.17, 15) is 4.79 Å². The molecule has 0 amide bonds. The quantitative estimate of drug-likeness (QED) is 0.748. The number of ketones is 1. The maximum absolute atomic E-state index is 11.9. The van der Waals surface area contributed by atoms with E-state index in [0.29, 0.717) is 13.0 Å². The number of carbonyl (C=O) groups is 1. The maximum atomic E-state index is 11.9. The Morgan fingerprint density at radius 1 is 1.38 bits per heavy atom. The van der Waals surface area contributed by atoms with Crippen LogP contribution in [0.25, 0.3) is 5.65 Å². The summed E-state index contributed by atoms with van der Waals surface area (Å²) in [6, 6.07) is 3.71. The van der Waals surface area contributed by atoms with Crippen LogP contribution in [0.3, 0.4) is 0 Å². The van der Waals surface area contributed by atoms with Gasteiger partial charge < -0.3 is 5.32 Å². The van der Waals surface area contributed by atoms with Crippen molar-refractivity contribution in [2.75, 3.05) is 13.1 Å². The lowest BCUT2D eigenvalue weighted by Crippen LogP contribution is -2.36. The molecule has 0 aromatic carbocycles. The Morgan fingerprint density at radius 3 is 3.19 bits per heavy atom. The first-order valence-corrected chi connectivity index (χ1v) is 5.38. The molecule has 1 aliphatic heterocycles. The predicted molar refractivity (Wildman–Crippen MR) is 58.2 cm³/mol. The Hall–Kier alpha value is -1.75. The second-order valence-electron chi connectivity index (χ2n) is 3.94. The van der Waals surface area contributed by atoms with E-state index < -0.39 is 0 Å². The van der Waals surface area contributed by atoms with Crippen LogP contribution >= 0.6 is 0 Å². The maximum Gasteiger partial charge on any atom is 0.155 e. The summed E-state index contributed by atoms with van der Waals surface area (Å²) in [5.41, 5.74) is 1.71. The lowest BCUT2D eigenvalue weighted by atomic mass is 9.94. The van der Waals surface area contributed by atoms with Crippen molar-refractivity contribution >= 4 is 11.4 Å². The second-order valence-corrected chi connectivity index (χ2v) is 3.94. The minimum absolute atomic E-state index is 0.0980. The van der Waals surface area contributed by atoms with E-state index in [2.05, 4.69) is 15.4 Å². The molecule has 0 radical (unpaired) electrons. The molecule has 1 aliphatic rings. The number of carbonyl (C=O) groups excluding carboxylic acids is 1. The van der Waals surface area contributed by atoms with Crippen molar-refractivity contribution < 1.29 is 4.79 Å². The largest absolute Gasteiger partial charge is 0.315 e. The molecule has 1 unspecified atom stereocenters. The van der Waals surface area contributed by atoms with Crippen molar-refractivity contribution in [3.8, 4) is 0 Å². The van der Waals surface area contributed by atoms with Crippen molar-refractivity contribution in [3.05, 3.63) is 30.2 Å². The van der Waals surface area contributed by atoms with Crippen molar-refractivity contribution in [1.29, 1.82) is 0 Å². The van der Waals surface area contributed by atoms with Gasteiger partial charge in [0.15, 0.2) is 5.65 Å². The van der Waals surface area contributed by atoms with Crippen LogP contribution in [0.5, 0.6) is 0 Å². The Balaban J connectivity index is 2.10. The minimum Gasteiger partial charge on any atom is -0.315 e. The average Bonchev–Trinajstić information content (AvgIpc) is 2.77. The number of piperidine rings is 1. The molecule has 5 heteroatoms. The van der Waals surface area contributed by atoms with E-state index in [4.69, 9.17) is 0 Å². The van der Waals surface area contributed by atoms with Gasteiger partial charge in [-0.2, -0.15) is 5.10 Å². The molecule has 3 heterocycles. The minimum atomic E-state index is -0.0980. The molecule has 0 saturated carbocycles. The van der Waals surface area contributed by atoms with Gasteiger partial charge >= 0.3 is 0 Å². The summed E-state index contributed by atoms with van der Waals surface area (Å²) < 4.78 is 1.75. The summed E-state index contributed by atoms with van der Waals surface area (Å²) in [6.45, 7) is 1.47.